The number of fused-ring (bicyclic) bond motifs is 2. The van der Waals surface area contributed by atoms with E-state index in [1.807, 2.05) is 23.6 Å². The first-order valence-corrected chi connectivity index (χ1v) is 11.8. The second kappa shape index (κ2) is 8.11. The highest BCUT2D eigenvalue weighted by Gasteiger charge is 2.28. The quantitative estimate of drug-likeness (QED) is 0.485. The van der Waals surface area contributed by atoms with Crippen LogP contribution >= 0.6 is 11.3 Å². The molecule has 1 fully saturated rings. The molecular weight excluding hydrogens is 426 g/mol. The standard InChI is InChI=1S/C24H23N3O4S/c28-23-22-16(18-5-2-9-29-18)14-32-24(22)26-21(25-23)13-27-8-1-4-17(27)15-6-7-19-20(12-15)31-11-3-10-30-19/h2,5-7,9,12,14,17H,1,3-4,8,10-11,13H2,(H,25,26,28). The number of furan rings is 1. The number of hydrogen-bond donors (Lipinski definition) is 1. The predicted molar refractivity (Wildman–Crippen MR) is 122 cm³/mol. The Balaban J connectivity index is 1.28. The highest BCUT2D eigenvalue weighted by molar-refractivity contribution is 7.17. The van der Waals surface area contributed by atoms with Crippen molar-refractivity contribution < 1.29 is 13.9 Å². The molecular formula is C24H23N3O4S. The van der Waals surface area contributed by atoms with Crippen LogP contribution in [0.15, 0.2) is 51.2 Å². The van der Waals surface area contributed by atoms with Gasteiger partial charge in [-0.25, -0.2) is 4.98 Å². The topological polar surface area (TPSA) is 80.6 Å². The van der Waals surface area contributed by atoms with Crippen molar-refractivity contribution in [1.29, 1.82) is 0 Å². The summed E-state index contributed by atoms with van der Waals surface area (Å²) in [5.74, 6) is 3.02. The molecule has 7 nitrogen and oxygen atoms in total. The maximum absolute atomic E-state index is 12.9. The fourth-order valence-corrected chi connectivity index (χ4v) is 5.60. The summed E-state index contributed by atoms with van der Waals surface area (Å²) in [6.07, 6.45) is 4.67. The summed E-state index contributed by atoms with van der Waals surface area (Å²) < 4.78 is 17.2. The smallest absolute Gasteiger partial charge is 0.260 e. The van der Waals surface area contributed by atoms with E-state index in [1.165, 1.54) is 16.9 Å². The van der Waals surface area contributed by atoms with E-state index in [1.54, 1.807) is 6.26 Å². The minimum absolute atomic E-state index is 0.121. The average Bonchev–Trinajstić information content (AvgIpc) is 3.52. The van der Waals surface area contributed by atoms with Crippen molar-refractivity contribution >= 4 is 21.6 Å². The molecule has 0 saturated carbocycles. The summed E-state index contributed by atoms with van der Waals surface area (Å²) in [5, 5.41) is 2.53. The van der Waals surface area contributed by atoms with E-state index in [0.29, 0.717) is 36.7 Å². The van der Waals surface area contributed by atoms with Gasteiger partial charge in [0.05, 0.1) is 31.4 Å². The minimum atomic E-state index is -0.121. The van der Waals surface area contributed by atoms with Crippen LogP contribution in [0.2, 0.25) is 0 Å². The van der Waals surface area contributed by atoms with E-state index >= 15 is 0 Å². The molecule has 1 aromatic carbocycles. The third-order valence-corrected chi connectivity index (χ3v) is 7.02. The summed E-state index contributed by atoms with van der Waals surface area (Å²) in [4.78, 5) is 23.8. The summed E-state index contributed by atoms with van der Waals surface area (Å²) in [7, 11) is 0. The Labute approximate surface area is 188 Å². The lowest BCUT2D eigenvalue weighted by atomic mass is 10.0. The van der Waals surface area contributed by atoms with E-state index in [0.717, 1.165) is 47.7 Å². The monoisotopic (exact) mass is 449 g/mol. The van der Waals surface area contributed by atoms with E-state index in [4.69, 9.17) is 18.9 Å². The number of benzene rings is 1. The zero-order valence-electron chi connectivity index (χ0n) is 17.5. The number of nitrogens with zero attached hydrogens (tertiary/aromatic N) is 2. The molecule has 1 unspecified atom stereocenters. The third-order valence-electron chi connectivity index (χ3n) is 6.15. The van der Waals surface area contributed by atoms with Crippen molar-refractivity contribution in [2.45, 2.75) is 31.8 Å². The Kier molecular flexibility index (Phi) is 4.96. The minimum Gasteiger partial charge on any atom is -0.490 e. The Morgan fingerprint density at radius 3 is 2.94 bits per heavy atom. The number of hydrogen-bond acceptors (Lipinski definition) is 7. The fourth-order valence-electron chi connectivity index (χ4n) is 4.65. The molecule has 2 aliphatic rings. The van der Waals surface area contributed by atoms with E-state index in [9.17, 15) is 4.79 Å². The molecule has 1 atom stereocenters. The number of H-pyrrole nitrogens is 1. The molecule has 8 heteroatoms. The molecule has 32 heavy (non-hydrogen) atoms. The second-order valence-electron chi connectivity index (χ2n) is 8.20. The summed E-state index contributed by atoms with van der Waals surface area (Å²) in [5.41, 5.74) is 1.89. The number of ether oxygens (including phenoxy) is 2. The van der Waals surface area contributed by atoms with Gasteiger partial charge >= 0.3 is 0 Å². The van der Waals surface area contributed by atoms with Crippen molar-refractivity contribution in [3.8, 4) is 22.8 Å². The SMILES string of the molecule is O=c1[nH]c(CN2CCCC2c2ccc3c(c2)OCCCO3)nc2scc(-c3ccco3)c12. The second-order valence-corrected chi connectivity index (χ2v) is 9.06. The van der Waals surface area contributed by atoms with E-state index in [2.05, 4.69) is 22.0 Å². The van der Waals surface area contributed by atoms with Gasteiger partial charge in [0.15, 0.2) is 11.5 Å². The van der Waals surface area contributed by atoms with Gasteiger partial charge in [0.1, 0.15) is 16.4 Å². The fraction of sp³-hybridized carbons (Fsp3) is 0.333. The number of rotatable bonds is 4. The van der Waals surface area contributed by atoms with Crippen molar-refractivity contribution in [3.63, 3.8) is 0 Å². The largest absolute Gasteiger partial charge is 0.490 e. The van der Waals surface area contributed by atoms with Crippen molar-refractivity contribution in [2.24, 2.45) is 0 Å². The molecule has 0 bridgehead atoms. The van der Waals surface area contributed by atoms with E-state index < -0.39 is 0 Å². The van der Waals surface area contributed by atoms with Gasteiger partial charge in [0.25, 0.3) is 5.56 Å². The highest BCUT2D eigenvalue weighted by atomic mass is 32.1. The third kappa shape index (κ3) is 3.49. The van der Waals surface area contributed by atoms with Gasteiger partial charge < -0.3 is 18.9 Å². The van der Waals surface area contributed by atoms with Gasteiger partial charge in [0, 0.05) is 23.4 Å². The summed E-state index contributed by atoms with van der Waals surface area (Å²) >= 11 is 1.47. The molecule has 6 rings (SSSR count). The molecule has 1 saturated heterocycles. The van der Waals surface area contributed by atoms with Gasteiger partial charge in [-0.15, -0.1) is 11.3 Å². The Bertz CT molecular complexity index is 1310. The lowest BCUT2D eigenvalue weighted by molar-refractivity contribution is 0.241. The average molecular weight is 450 g/mol. The Morgan fingerprint density at radius 1 is 1.16 bits per heavy atom. The Morgan fingerprint density at radius 2 is 2.06 bits per heavy atom. The number of aromatic amines is 1. The molecule has 0 radical (unpaired) electrons. The van der Waals surface area contributed by atoms with Crippen LogP contribution in [-0.4, -0.2) is 34.6 Å². The lowest BCUT2D eigenvalue weighted by Crippen LogP contribution is -2.25. The molecule has 3 aromatic heterocycles. The molecule has 1 N–H and O–H groups in total. The highest BCUT2D eigenvalue weighted by Crippen LogP contribution is 2.38. The molecule has 0 spiro atoms. The number of nitrogens with one attached hydrogen (secondary N) is 1. The zero-order valence-corrected chi connectivity index (χ0v) is 18.3. The first kappa shape index (κ1) is 19.6. The first-order valence-electron chi connectivity index (χ1n) is 10.9. The maximum Gasteiger partial charge on any atom is 0.260 e. The van der Waals surface area contributed by atoms with Crippen LogP contribution in [-0.2, 0) is 6.54 Å². The van der Waals surface area contributed by atoms with Gasteiger partial charge in [-0.1, -0.05) is 6.07 Å². The first-order chi connectivity index (χ1) is 15.8. The van der Waals surface area contributed by atoms with Crippen LogP contribution in [0, 0.1) is 0 Å². The molecule has 0 aliphatic carbocycles. The van der Waals surface area contributed by atoms with Crippen molar-refractivity contribution in [3.05, 3.63) is 63.7 Å². The van der Waals surface area contributed by atoms with Gasteiger partial charge in [-0.2, -0.15) is 0 Å². The normalized spacial score (nSPS) is 18.8. The van der Waals surface area contributed by atoms with Crippen LogP contribution < -0.4 is 15.0 Å². The van der Waals surface area contributed by atoms with Gasteiger partial charge in [0.2, 0.25) is 0 Å². The Hall–Kier alpha value is -3.10. The molecule has 4 aromatic rings. The van der Waals surface area contributed by atoms with Gasteiger partial charge in [-0.3, -0.25) is 9.69 Å². The lowest BCUT2D eigenvalue weighted by Gasteiger charge is -2.25. The van der Waals surface area contributed by atoms with Crippen LogP contribution in [0.25, 0.3) is 21.5 Å². The molecule has 5 heterocycles. The molecule has 2 aliphatic heterocycles. The van der Waals surface area contributed by atoms with Gasteiger partial charge in [-0.05, 0) is 49.2 Å². The van der Waals surface area contributed by atoms with Crippen LogP contribution in [0.1, 0.15) is 36.7 Å². The number of thiophene rings is 1. The van der Waals surface area contributed by atoms with Crippen LogP contribution in [0.3, 0.4) is 0 Å². The number of likely N-dealkylation sites (tertiary alicyclic amines) is 1. The summed E-state index contributed by atoms with van der Waals surface area (Å²) in [6, 6.07) is 10.2. The van der Waals surface area contributed by atoms with Crippen LogP contribution in [0.5, 0.6) is 11.5 Å². The van der Waals surface area contributed by atoms with Crippen molar-refractivity contribution in [2.75, 3.05) is 19.8 Å². The zero-order chi connectivity index (χ0) is 21.5. The predicted octanol–water partition coefficient (Wildman–Crippen LogP) is 4.74. The molecule has 0 amide bonds. The maximum atomic E-state index is 12.9. The van der Waals surface area contributed by atoms with Crippen LogP contribution in [0.4, 0.5) is 0 Å². The number of aromatic nitrogens is 2. The van der Waals surface area contributed by atoms with Crippen molar-refractivity contribution in [1.82, 2.24) is 14.9 Å². The van der Waals surface area contributed by atoms with E-state index in [-0.39, 0.29) is 11.6 Å². The summed E-state index contributed by atoms with van der Waals surface area (Å²) in [6.45, 7) is 2.92. The molecule has 164 valence electrons.